The van der Waals surface area contributed by atoms with Gasteiger partial charge in [0.25, 0.3) is 5.91 Å². The van der Waals surface area contributed by atoms with Crippen LogP contribution >= 0.6 is 23.2 Å². The lowest BCUT2D eigenvalue weighted by molar-refractivity contribution is -0.117. The van der Waals surface area contributed by atoms with E-state index >= 15 is 0 Å². The summed E-state index contributed by atoms with van der Waals surface area (Å²) < 4.78 is 15.4. The van der Waals surface area contributed by atoms with Gasteiger partial charge in [0.15, 0.2) is 0 Å². The minimum Gasteiger partial charge on any atom is -0.327 e. The second-order valence-corrected chi connectivity index (χ2v) is 9.15. The zero-order chi connectivity index (χ0) is 25.8. The van der Waals surface area contributed by atoms with E-state index in [0.29, 0.717) is 22.0 Å². The molecular formula is C27H23Cl2FN4O2. The van der Waals surface area contributed by atoms with Crippen LogP contribution in [0.3, 0.4) is 0 Å². The number of carbonyl (C=O) groups excluding carboxylic acids is 2. The fraction of sp³-hybridized carbons (Fsp3) is 0.148. The van der Waals surface area contributed by atoms with Crippen molar-refractivity contribution in [1.82, 2.24) is 14.5 Å². The zero-order valence-electron chi connectivity index (χ0n) is 19.6. The molecule has 2 amide bonds. The molecule has 3 aromatic carbocycles. The van der Waals surface area contributed by atoms with Crippen LogP contribution in [0.5, 0.6) is 0 Å². The van der Waals surface area contributed by atoms with E-state index < -0.39 is 11.7 Å². The van der Waals surface area contributed by atoms with Gasteiger partial charge in [0, 0.05) is 17.8 Å². The Kier molecular flexibility index (Phi) is 7.72. The highest BCUT2D eigenvalue weighted by molar-refractivity contribution is 6.33. The van der Waals surface area contributed by atoms with E-state index in [1.165, 1.54) is 23.1 Å². The van der Waals surface area contributed by atoms with Crippen molar-refractivity contribution in [3.8, 4) is 16.9 Å². The predicted octanol–water partition coefficient (Wildman–Crippen LogP) is 6.47. The van der Waals surface area contributed by atoms with Crippen molar-refractivity contribution in [1.29, 1.82) is 0 Å². The maximum absolute atomic E-state index is 13.8. The largest absolute Gasteiger partial charge is 0.327 e. The average molecular weight is 525 g/mol. The number of hydrogen-bond acceptors (Lipinski definition) is 3. The molecule has 4 aromatic rings. The molecule has 0 aliphatic carbocycles. The number of amides is 2. The third kappa shape index (κ3) is 5.58. The van der Waals surface area contributed by atoms with Gasteiger partial charge in [-0.1, -0.05) is 65.7 Å². The second kappa shape index (κ2) is 10.9. The first-order chi connectivity index (χ1) is 17.2. The first-order valence-electron chi connectivity index (χ1n) is 11.2. The minimum atomic E-state index is -0.555. The number of halogens is 3. The Bertz CT molecular complexity index is 1410. The SMILES string of the molecule is CC(C)N(CC(=O)Nc1nc(-c2ccccc2)cn1-c1ccc(F)c(Cl)c1)C(=O)c1ccccc1Cl. The van der Waals surface area contributed by atoms with Crippen molar-refractivity contribution in [2.24, 2.45) is 0 Å². The number of imidazole rings is 1. The molecule has 0 bridgehead atoms. The van der Waals surface area contributed by atoms with Crippen molar-refractivity contribution in [3.05, 3.63) is 100 Å². The molecule has 1 aromatic heterocycles. The lowest BCUT2D eigenvalue weighted by Crippen LogP contribution is -2.42. The van der Waals surface area contributed by atoms with E-state index in [-0.39, 0.29) is 29.5 Å². The molecule has 0 fully saturated rings. The summed E-state index contributed by atoms with van der Waals surface area (Å²) in [6.45, 7) is 3.41. The van der Waals surface area contributed by atoms with Crippen molar-refractivity contribution >= 4 is 41.0 Å². The topological polar surface area (TPSA) is 67.2 Å². The van der Waals surface area contributed by atoms with Gasteiger partial charge in [-0.15, -0.1) is 0 Å². The average Bonchev–Trinajstić information content (AvgIpc) is 3.28. The summed E-state index contributed by atoms with van der Waals surface area (Å²) in [6.07, 6.45) is 1.73. The number of rotatable bonds is 7. The van der Waals surface area contributed by atoms with Gasteiger partial charge in [-0.25, -0.2) is 9.37 Å². The third-order valence-corrected chi connectivity index (χ3v) is 6.13. The summed E-state index contributed by atoms with van der Waals surface area (Å²) >= 11 is 12.2. The van der Waals surface area contributed by atoms with Gasteiger partial charge in [-0.2, -0.15) is 0 Å². The molecule has 1 N–H and O–H groups in total. The molecule has 184 valence electrons. The Hall–Kier alpha value is -3.68. The number of hydrogen-bond donors (Lipinski definition) is 1. The molecule has 0 saturated heterocycles. The molecule has 6 nitrogen and oxygen atoms in total. The first-order valence-corrected chi connectivity index (χ1v) is 12.0. The Morgan fingerprint density at radius 1 is 1.00 bits per heavy atom. The van der Waals surface area contributed by atoms with Crippen LogP contribution in [0.4, 0.5) is 10.3 Å². The van der Waals surface area contributed by atoms with Crippen LogP contribution < -0.4 is 5.32 Å². The van der Waals surface area contributed by atoms with Gasteiger partial charge in [0.2, 0.25) is 11.9 Å². The van der Waals surface area contributed by atoms with Crippen molar-refractivity contribution < 1.29 is 14.0 Å². The number of carbonyl (C=O) groups is 2. The van der Waals surface area contributed by atoms with E-state index in [1.54, 1.807) is 35.0 Å². The second-order valence-electron chi connectivity index (χ2n) is 8.34. The highest BCUT2D eigenvalue weighted by Crippen LogP contribution is 2.27. The van der Waals surface area contributed by atoms with Crippen LogP contribution in [0.1, 0.15) is 24.2 Å². The van der Waals surface area contributed by atoms with Crippen LogP contribution in [-0.4, -0.2) is 38.9 Å². The predicted molar refractivity (Wildman–Crippen MR) is 140 cm³/mol. The van der Waals surface area contributed by atoms with E-state index in [1.807, 2.05) is 44.2 Å². The van der Waals surface area contributed by atoms with E-state index in [0.717, 1.165) is 5.56 Å². The third-order valence-electron chi connectivity index (χ3n) is 5.51. The monoisotopic (exact) mass is 524 g/mol. The number of anilines is 1. The normalized spacial score (nSPS) is 10.9. The van der Waals surface area contributed by atoms with Gasteiger partial charge >= 0.3 is 0 Å². The lowest BCUT2D eigenvalue weighted by atomic mass is 10.1. The number of aromatic nitrogens is 2. The van der Waals surface area contributed by atoms with Crippen LogP contribution in [0.15, 0.2) is 79.0 Å². The molecule has 0 unspecified atom stereocenters. The number of nitrogens with zero attached hydrogens (tertiary/aromatic N) is 3. The number of benzene rings is 3. The Morgan fingerprint density at radius 2 is 1.69 bits per heavy atom. The summed E-state index contributed by atoms with van der Waals surface area (Å²) in [6, 6.07) is 20.1. The lowest BCUT2D eigenvalue weighted by Gasteiger charge is -2.26. The van der Waals surface area contributed by atoms with Gasteiger partial charge < -0.3 is 4.90 Å². The fourth-order valence-corrected chi connectivity index (χ4v) is 4.04. The summed E-state index contributed by atoms with van der Waals surface area (Å²) in [4.78, 5) is 32.3. The van der Waals surface area contributed by atoms with Gasteiger partial charge in [0.05, 0.1) is 27.0 Å². The quantitative estimate of drug-likeness (QED) is 0.301. The van der Waals surface area contributed by atoms with E-state index in [2.05, 4.69) is 10.3 Å². The van der Waals surface area contributed by atoms with Gasteiger partial charge in [0.1, 0.15) is 12.4 Å². The van der Waals surface area contributed by atoms with Crippen LogP contribution in [0, 0.1) is 5.82 Å². The van der Waals surface area contributed by atoms with Crippen LogP contribution in [0.2, 0.25) is 10.0 Å². The molecule has 0 radical (unpaired) electrons. The Labute approximate surface area is 218 Å². The summed E-state index contributed by atoms with van der Waals surface area (Å²) in [5.41, 5.74) is 2.26. The smallest absolute Gasteiger partial charge is 0.256 e. The molecule has 0 atom stereocenters. The maximum atomic E-state index is 13.8. The Morgan fingerprint density at radius 3 is 2.36 bits per heavy atom. The minimum absolute atomic E-state index is 0.0592. The number of nitrogens with one attached hydrogen (secondary N) is 1. The van der Waals surface area contributed by atoms with Crippen molar-refractivity contribution in [2.75, 3.05) is 11.9 Å². The molecule has 1 heterocycles. The highest BCUT2D eigenvalue weighted by Gasteiger charge is 2.24. The van der Waals surface area contributed by atoms with Crippen LogP contribution in [0.25, 0.3) is 16.9 Å². The van der Waals surface area contributed by atoms with E-state index in [4.69, 9.17) is 23.2 Å². The molecule has 0 aliphatic heterocycles. The molecule has 0 aliphatic rings. The highest BCUT2D eigenvalue weighted by atomic mass is 35.5. The maximum Gasteiger partial charge on any atom is 0.256 e. The van der Waals surface area contributed by atoms with E-state index in [9.17, 15) is 14.0 Å². The summed E-state index contributed by atoms with van der Waals surface area (Å²) in [7, 11) is 0. The van der Waals surface area contributed by atoms with Gasteiger partial charge in [-0.3, -0.25) is 19.5 Å². The first kappa shape index (κ1) is 25.4. The van der Waals surface area contributed by atoms with Crippen molar-refractivity contribution in [2.45, 2.75) is 19.9 Å². The molecular weight excluding hydrogens is 502 g/mol. The molecule has 0 saturated carbocycles. The fourth-order valence-electron chi connectivity index (χ4n) is 3.65. The summed E-state index contributed by atoms with van der Waals surface area (Å²) in [5, 5.41) is 3.04. The molecule has 36 heavy (non-hydrogen) atoms. The zero-order valence-corrected chi connectivity index (χ0v) is 21.1. The Balaban J connectivity index is 1.64. The van der Waals surface area contributed by atoms with Gasteiger partial charge in [-0.05, 0) is 44.2 Å². The van der Waals surface area contributed by atoms with Crippen molar-refractivity contribution in [3.63, 3.8) is 0 Å². The molecule has 4 rings (SSSR count). The van der Waals surface area contributed by atoms with Crippen LogP contribution in [-0.2, 0) is 4.79 Å². The standard InChI is InChI=1S/C27H23Cl2FN4O2/c1-17(2)33(26(36)20-10-6-7-11-21(20)28)16-25(35)32-27-31-24(18-8-4-3-5-9-18)15-34(27)19-12-13-23(30)22(29)14-19/h3-15,17H,16H2,1-2H3,(H,31,32,35). The summed E-state index contributed by atoms with van der Waals surface area (Å²) in [5.74, 6) is -1.16. The molecule has 0 spiro atoms. The molecule has 9 heteroatoms.